The van der Waals surface area contributed by atoms with Crippen molar-refractivity contribution in [1.29, 1.82) is 0 Å². The quantitative estimate of drug-likeness (QED) is 0.741. The maximum absolute atomic E-state index is 14.1. The van der Waals surface area contributed by atoms with Crippen molar-refractivity contribution in [3.8, 4) is 0 Å². The number of hydrazine groups is 1. The minimum Gasteiger partial charge on any atom is -0.353 e. The third-order valence-corrected chi connectivity index (χ3v) is 6.80. The summed E-state index contributed by atoms with van der Waals surface area (Å²) in [7, 11) is 0. The van der Waals surface area contributed by atoms with E-state index in [0.29, 0.717) is 24.5 Å². The van der Waals surface area contributed by atoms with Crippen LogP contribution >= 0.6 is 11.6 Å². The lowest BCUT2D eigenvalue weighted by molar-refractivity contribution is -0.124. The molecule has 7 atom stereocenters. The lowest BCUT2D eigenvalue weighted by Gasteiger charge is -2.38. The SMILES string of the molecule is CC1CC(C)N(C2CCCC(NC(=O)CC3C(F)CCCC3Cl)C2)N1. The molecule has 0 aromatic rings. The van der Waals surface area contributed by atoms with Gasteiger partial charge in [0, 0.05) is 41.9 Å². The predicted molar refractivity (Wildman–Crippen MR) is 99.2 cm³/mol. The van der Waals surface area contributed by atoms with E-state index in [-0.39, 0.29) is 29.7 Å². The minimum absolute atomic E-state index is 0.0263. The maximum Gasteiger partial charge on any atom is 0.220 e. The van der Waals surface area contributed by atoms with Gasteiger partial charge in [0.2, 0.25) is 5.91 Å². The van der Waals surface area contributed by atoms with Gasteiger partial charge in [0.15, 0.2) is 0 Å². The van der Waals surface area contributed by atoms with Crippen molar-refractivity contribution >= 4 is 17.5 Å². The van der Waals surface area contributed by atoms with Crippen LogP contribution in [-0.4, -0.2) is 46.6 Å². The number of alkyl halides is 2. The highest BCUT2D eigenvalue weighted by atomic mass is 35.5. The van der Waals surface area contributed by atoms with Crippen molar-refractivity contribution < 1.29 is 9.18 Å². The smallest absolute Gasteiger partial charge is 0.220 e. The van der Waals surface area contributed by atoms with E-state index in [2.05, 4.69) is 29.6 Å². The van der Waals surface area contributed by atoms with Crippen molar-refractivity contribution in [2.75, 3.05) is 0 Å². The van der Waals surface area contributed by atoms with Gasteiger partial charge in [-0.3, -0.25) is 10.2 Å². The molecule has 2 N–H and O–H groups in total. The summed E-state index contributed by atoms with van der Waals surface area (Å²) in [6.45, 7) is 4.49. The van der Waals surface area contributed by atoms with E-state index in [1.165, 1.54) is 12.8 Å². The van der Waals surface area contributed by atoms with Crippen LogP contribution in [0.3, 0.4) is 0 Å². The molecule has 0 bridgehead atoms. The average molecular weight is 374 g/mol. The lowest BCUT2D eigenvalue weighted by atomic mass is 9.84. The number of hydrogen-bond donors (Lipinski definition) is 2. The molecule has 6 heteroatoms. The van der Waals surface area contributed by atoms with Gasteiger partial charge in [0.25, 0.3) is 0 Å². The monoisotopic (exact) mass is 373 g/mol. The number of halogens is 2. The Morgan fingerprint density at radius 3 is 2.64 bits per heavy atom. The van der Waals surface area contributed by atoms with Crippen molar-refractivity contribution in [3.63, 3.8) is 0 Å². The van der Waals surface area contributed by atoms with E-state index in [1.807, 2.05) is 0 Å². The molecule has 0 aromatic carbocycles. The lowest BCUT2D eigenvalue weighted by Crippen LogP contribution is -2.51. The van der Waals surface area contributed by atoms with Gasteiger partial charge in [-0.2, -0.15) is 0 Å². The Kier molecular flexibility index (Phi) is 6.61. The molecule has 0 radical (unpaired) electrons. The average Bonchev–Trinajstić information content (AvgIpc) is 2.90. The molecule has 25 heavy (non-hydrogen) atoms. The van der Waals surface area contributed by atoms with Gasteiger partial charge in [-0.15, -0.1) is 11.6 Å². The van der Waals surface area contributed by atoms with Crippen LogP contribution in [0, 0.1) is 5.92 Å². The first-order chi connectivity index (χ1) is 11.9. The van der Waals surface area contributed by atoms with Crippen LogP contribution < -0.4 is 10.7 Å². The molecule has 4 nitrogen and oxygen atoms in total. The van der Waals surface area contributed by atoms with Crippen LogP contribution in [0.15, 0.2) is 0 Å². The Morgan fingerprint density at radius 1 is 1.20 bits per heavy atom. The molecule has 144 valence electrons. The van der Waals surface area contributed by atoms with Crippen LogP contribution in [0.5, 0.6) is 0 Å². The van der Waals surface area contributed by atoms with Crippen molar-refractivity contribution in [3.05, 3.63) is 0 Å². The number of hydrogen-bond acceptors (Lipinski definition) is 3. The number of nitrogens with zero attached hydrogens (tertiary/aromatic N) is 1. The van der Waals surface area contributed by atoms with Crippen molar-refractivity contribution in [1.82, 2.24) is 15.8 Å². The Labute approximate surface area is 156 Å². The van der Waals surface area contributed by atoms with Gasteiger partial charge in [-0.1, -0.05) is 0 Å². The largest absolute Gasteiger partial charge is 0.353 e. The van der Waals surface area contributed by atoms with E-state index in [9.17, 15) is 9.18 Å². The summed E-state index contributed by atoms with van der Waals surface area (Å²) < 4.78 is 14.1. The van der Waals surface area contributed by atoms with Gasteiger partial charge in [0.05, 0.1) is 0 Å². The van der Waals surface area contributed by atoms with Gasteiger partial charge in [0.1, 0.15) is 6.17 Å². The van der Waals surface area contributed by atoms with Crippen LogP contribution in [0.2, 0.25) is 0 Å². The summed E-state index contributed by atoms with van der Waals surface area (Å²) in [5, 5.41) is 5.36. The highest BCUT2D eigenvalue weighted by Crippen LogP contribution is 2.34. The molecule has 2 aliphatic carbocycles. The van der Waals surface area contributed by atoms with E-state index >= 15 is 0 Å². The topological polar surface area (TPSA) is 44.4 Å². The Hall–Kier alpha value is -0.390. The summed E-state index contributed by atoms with van der Waals surface area (Å²) in [6, 6.07) is 1.74. The third-order valence-electron chi connectivity index (χ3n) is 6.25. The third kappa shape index (κ3) is 4.86. The zero-order valence-corrected chi connectivity index (χ0v) is 16.3. The maximum atomic E-state index is 14.1. The van der Waals surface area contributed by atoms with E-state index in [1.54, 1.807) is 0 Å². The molecule has 3 fully saturated rings. The predicted octanol–water partition coefficient (Wildman–Crippen LogP) is 3.54. The number of rotatable bonds is 4. The van der Waals surface area contributed by atoms with Gasteiger partial charge in [-0.25, -0.2) is 9.40 Å². The number of carbonyl (C=O) groups excluding carboxylic acids is 1. The molecular weight excluding hydrogens is 341 g/mol. The van der Waals surface area contributed by atoms with Crippen LogP contribution in [0.25, 0.3) is 0 Å². The Bertz CT molecular complexity index is 456. The second-order valence-electron chi connectivity index (χ2n) is 8.44. The number of nitrogens with one attached hydrogen (secondary N) is 2. The highest BCUT2D eigenvalue weighted by Gasteiger charge is 2.36. The van der Waals surface area contributed by atoms with Crippen LogP contribution in [0.1, 0.15) is 71.6 Å². The summed E-state index contributed by atoms with van der Waals surface area (Å²) in [6.07, 6.45) is 6.96. The summed E-state index contributed by atoms with van der Waals surface area (Å²) >= 11 is 6.27. The second-order valence-corrected chi connectivity index (χ2v) is 9.00. The first-order valence-corrected chi connectivity index (χ1v) is 10.5. The van der Waals surface area contributed by atoms with Crippen LogP contribution in [0.4, 0.5) is 4.39 Å². The van der Waals surface area contributed by atoms with E-state index in [4.69, 9.17) is 11.6 Å². The molecule has 7 unspecified atom stereocenters. The van der Waals surface area contributed by atoms with Crippen molar-refractivity contribution in [2.45, 2.75) is 107 Å². The number of carbonyl (C=O) groups is 1. The molecule has 0 aromatic heterocycles. The minimum atomic E-state index is -0.933. The molecule has 0 spiro atoms. The van der Waals surface area contributed by atoms with Gasteiger partial charge in [-0.05, 0) is 65.2 Å². The van der Waals surface area contributed by atoms with Gasteiger partial charge < -0.3 is 5.32 Å². The molecule has 1 amide bonds. The molecular formula is C19H33ClFN3O. The molecule has 3 rings (SSSR count). The summed E-state index contributed by atoms with van der Waals surface area (Å²) in [5.74, 6) is -0.349. The molecule has 1 saturated heterocycles. The molecule has 3 aliphatic rings. The normalized spacial score (nSPS) is 43.1. The second kappa shape index (κ2) is 8.53. The fourth-order valence-corrected chi connectivity index (χ4v) is 5.39. The van der Waals surface area contributed by atoms with Crippen molar-refractivity contribution in [2.24, 2.45) is 5.92 Å². The molecule has 2 saturated carbocycles. The first kappa shape index (κ1) is 19.4. The van der Waals surface area contributed by atoms with Crippen LogP contribution in [-0.2, 0) is 4.79 Å². The van der Waals surface area contributed by atoms with E-state index in [0.717, 1.165) is 32.1 Å². The summed E-state index contributed by atoms with van der Waals surface area (Å²) in [5.41, 5.74) is 3.58. The highest BCUT2D eigenvalue weighted by molar-refractivity contribution is 6.21. The zero-order chi connectivity index (χ0) is 18.0. The Morgan fingerprint density at radius 2 is 1.96 bits per heavy atom. The fraction of sp³-hybridized carbons (Fsp3) is 0.947. The number of amides is 1. The van der Waals surface area contributed by atoms with Gasteiger partial charge >= 0.3 is 0 Å². The first-order valence-electron chi connectivity index (χ1n) is 10.1. The molecule has 1 heterocycles. The fourth-order valence-electron chi connectivity index (χ4n) is 4.99. The Balaban J connectivity index is 1.49. The molecule has 1 aliphatic heterocycles. The summed E-state index contributed by atoms with van der Waals surface area (Å²) in [4.78, 5) is 12.4. The zero-order valence-electron chi connectivity index (χ0n) is 15.5. The standard InChI is InChI=1S/C19H33ClFN3O/c1-12-9-13(2)24(23-12)15-6-3-5-14(10-15)22-19(25)11-16-17(20)7-4-8-18(16)21/h12-18,23H,3-11H2,1-2H3,(H,22,25). The van der Waals surface area contributed by atoms with E-state index < -0.39 is 6.17 Å².